The van der Waals surface area contributed by atoms with Gasteiger partial charge >= 0.3 is 0 Å². The van der Waals surface area contributed by atoms with E-state index in [1.165, 1.54) is 12.1 Å². The summed E-state index contributed by atoms with van der Waals surface area (Å²) in [6, 6.07) is 4.54. The van der Waals surface area contributed by atoms with Crippen molar-refractivity contribution in [3.05, 3.63) is 35.1 Å². The standard InChI is InChI=1S/C14H20FNO/c1-5-12(6-2)16(4)14(17)13-8-7-11(15)9-10(13)3/h7-9,12H,5-6H2,1-4H3. The van der Waals surface area contributed by atoms with Gasteiger partial charge in [-0.15, -0.1) is 0 Å². The number of carbonyl (C=O) groups excluding carboxylic acids is 1. The number of nitrogens with zero attached hydrogens (tertiary/aromatic N) is 1. The summed E-state index contributed by atoms with van der Waals surface area (Å²) in [6.07, 6.45) is 1.86. The van der Waals surface area contributed by atoms with Crippen molar-refractivity contribution < 1.29 is 9.18 Å². The van der Waals surface area contributed by atoms with Crippen molar-refractivity contribution in [2.24, 2.45) is 0 Å². The summed E-state index contributed by atoms with van der Waals surface area (Å²) < 4.78 is 13.0. The Balaban J connectivity index is 2.96. The van der Waals surface area contributed by atoms with Crippen LogP contribution in [0.25, 0.3) is 0 Å². The highest BCUT2D eigenvalue weighted by molar-refractivity contribution is 5.95. The molecule has 0 spiro atoms. The Labute approximate surface area is 102 Å². The summed E-state index contributed by atoms with van der Waals surface area (Å²) in [5.74, 6) is -0.333. The Morgan fingerprint density at radius 1 is 1.35 bits per heavy atom. The third kappa shape index (κ3) is 3.05. The summed E-state index contributed by atoms with van der Waals surface area (Å²) >= 11 is 0. The molecule has 2 nitrogen and oxygen atoms in total. The minimum Gasteiger partial charge on any atom is -0.339 e. The fourth-order valence-corrected chi connectivity index (χ4v) is 2.06. The summed E-state index contributed by atoms with van der Waals surface area (Å²) in [4.78, 5) is 14.0. The van der Waals surface area contributed by atoms with Crippen LogP contribution in [0.3, 0.4) is 0 Å². The second-order valence-electron chi connectivity index (χ2n) is 4.35. The van der Waals surface area contributed by atoms with Crippen molar-refractivity contribution in [1.29, 1.82) is 0 Å². The van der Waals surface area contributed by atoms with Crippen LogP contribution in [-0.2, 0) is 0 Å². The molecular formula is C14H20FNO. The third-order valence-electron chi connectivity index (χ3n) is 3.23. The minimum atomic E-state index is -0.302. The zero-order valence-corrected chi connectivity index (χ0v) is 11.0. The highest BCUT2D eigenvalue weighted by Gasteiger charge is 2.19. The zero-order chi connectivity index (χ0) is 13.0. The van der Waals surface area contributed by atoms with Gasteiger partial charge in [-0.25, -0.2) is 4.39 Å². The van der Waals surface area contributed by atoms with Crippen molar-refractivity contribution in [2.45, 2.75) is 39.7 Å². The molecule has 17 heavy (non-hydrogen) atoms. The lowest BCUT2D eigenvalue weighted by atomic mass is 10.1. The van der Waals surface area contributed by atoms with Gasteiger partial charge in [0, 0.05) is 18.7 Å². The molecule has 1 aromatic carbocycles. The lowest BCUT2D eigenvalue weighted by Gasteiger charge is -2.26. The molecule has 1 aromatic rings. The predicted molar refractivity (Wildman–Crippen MR) is 67.6 cm³/mol. The van der Waals surface area contributed by atoms with E-state index in [9.17, 15) is 9.18 Å². The number of hydrogen-bond acceptors (Lipinski definition) is 1. The van der Waals surface area contributed by atoms with E-state index in [2.05, 4.69) is 13.8 Å². The summed E-state index contributed by atoms with van der Waals surface area (Å²) in [7, 11) is 1.81. The Kier molecular flexibility index (Phi) is 4.67. The van der Waals surface area contributed by atoms with E-state index in [-0.39, 0.29) is 17.8 Å². The lowest BCUT2D eigenvalue weighted by Crippen LogP contribution is -2.36. The first kappa shape index (κ1) is 13.7. The second-order valence-corrected chi connectivity index (χ2v) is 4.35. The molecule has 0 aliphatic carbocycles. The molecule has 0 heterocycles. The molecule has 0 aliphatic rings. The Bertz CT molecular complexity index is 399. The largest absolute Gasteiger partial charge is 0.339 e. The van der Waals surface area contributed by atoms with Crippen molar-refractivity contribution in [3.8, 4) is 0 Å². The van der Waals surface area contributed by atoms with E-state index in [1.807, 2.05) is 7.05 Å². The van der Waals surface area contributed by atoms with E-state index in [0.717, 1.165) is 12.8 Å². The zero-order valence-electron chi connectivity index (χ0n) is 11.0. The van der Waals surface area contributed by atoms with Crippen LogP contribution in [0, 0.1) is 12.7 Å². The minimum absolute atomic E-state index is 0.0313. The van der Waals surface area contributed by atoms with Crippen LogP contribution in [0.15, 0.2) is 18.2 Å². The quantitative estimate of drug-likeness (QED) is 0.786. The van der Waals surface area contributed by atoms with Crippen LogP contribution in [0.1, 0.15) is 42.6 Å². The number of rotatable bonds is 4. The molecule has 0 atom stereocenters. The predicted octanol–water partition coefficient (Wildman–Crippen LogP) is 3.39. The number of hydrogen-bond donors (Lipinski definition) is 0. The molecular weight excluding hydrogens is 217 g/mol. The Morgan fingerprint density at radius 2 is 1.94 bits per heavy atom. The van der Waals surface area contributed by atoms with Crippen molar-refractivity contribution >= 4 is 5.91 Å². The lowest BCUT2D eigenvalue weighted by molar-refractivity contribution is 0.0723. The summed E-state index contributed by atoms with van der Waals surface area (Å²) in [5, 5.41) is 0. The molecule has 0 unspecified atom stereocenters. The molecule has 0 aliphatic heterocycles. The topological polar surface area (TPSA) is 20.3 Å². The average molecular weight is 237 g/mol. The van der Waals surface area contributed by atoms with Gasteiger partial charge in [-0.1, -0.05) is 13.8 Å². The number of carbonyl (C=O) groups is 1. The van der Waals surface area contributed by atoms with Crippen LogP contribution in [0.2, 0.25) is 0 Å². The Morgan fingerprint density at radius 3 is 2.41 bits per heavy atom. The molecule has 0 aromatic heterocycles. The molecule has 0 radical (unpaired) electrons. The molecule has 1 amide bonds. The van der Waals surface area contributed by atoms with Crippen LogP contribution in [0.5, 0.6) is 0 Å². The number of aryl methyl sites for hydroxylation is 1. The first-order chi connectivity index (χ1) is 8.01. The van der Waals surface area contributed by atoms with Crippen LogP contribution in [-0.4, -0.2) is 23.9 Å². The van der Waals surface area contributed by atoms with Gasteiger partial charge in [0.1, 0.15) is 5.82 Å². The monoisotopic (exact) mass is 237 g/mol. The maximum absolute atomic E-state index is 13.0. The SMILES string of the molecule is CCC(CC)N(C)C(=O)c1ccc(F)cc1C. The molecule has 0 fully saturated rings. The average Bonchev–Trinajstić information content (AvgIpc) is 2.29. The number of amides is 1. The van der Waals surface area contributed by atoms with E-state index in [1.54, 1.807) is 17.9 Å². The summed E-state index contributed by atoms with van der Waals surface area (Å²) in [5.41, 5.74) is 1.27. The number of halogens is 1. The van der Waals surface area contributed by atoms with Crippen molar-refractivity contribution in [2.75, 3.05) is 7.05 Å². The molecule has 3 heteroatoms. The highest BCUT2D eigenvalue weighted by atomic mass is 19.1. The van der Waals surface area contributed by atoms with E-state index < -0.39 is 0 Å². The molecule has 0 saturated heterocycles. The second kappa shape index (κ2) is 5.80. The normalized spacial score (nSPS) is 10.7. The van der Waals surface area contributed by atoms with Crippen LogP contribution < -0.4 is 0 Å². The third-order valence-corrected chi connectivity index (χ3v) is 3.23. The summed E-state index contributed by atoms with van der Waals surface area (Å²) in [6.45, 7) is 5.89. The van der Waals surface area contributed by atoms with E-state index in [4.69, 9.17) is 0 Å². The van der Waals surface area contributed by atoms with Crippen LogP contribution in [0.4, 0.5) is 4.39 Å². The van der Waals surface area contributed by atoms with E-state index in [0.29, 0.717) is 11.1 Å². The van der Waals surface area contributed by atoms with Gasteiger partial charge in [-0.2, -0.15) is 0 Å². The van der Waals surface area contributed by atoms with Gasteiger partial charge in [-0.05, 0) is 43.5 Å². The molecule has 0 N–H and O–H groups in total. The number of benzene rings is 1. The molecule has 0 bridgehead atoms. The van der Waals surface area contributed by atoms with Gasteiger partial charge in [0.25, 0.3) is 5.91 Å². The van der Waals surface area contributed by atoms with Crippen LogP contribution >= 0.6 is 0 Å². The smallest absolute Gasteiger partial charge is 0.254 e. The molecule has 0 saturated carbocycles. The van der Waals surface area contributed by atoms with Gasteiger partial charge < -0.3 is 4.90 Å². The van der Waals surface area contributed by atoms with E-state index >= 15 is 0 Å². The first-order valence-corrected chi connectivity index (χ1v) is 6.04. The van der Waals surface area contributed by atoms with Gasteiger partial charge in [-0.3, -0.25) is 4.79 Å². The fraction of sp³-hybridized carbons (Fsp3) is 0.500. The molecule has 94 valence electrons. The first-order valence-electron chi connectivity index (χ1n) is 6.04. The van der Waals surface area contributed by atoms with Gasteiger partial charge in [0.2, 0.25) is 0 Å². The fourth-order valence-electron chi connectivity index (χ4n) is 2.06. The highest BCUT2D eigenvalue weighted by Crippen LogP contribution is 2.15. The Hall–Kier alpha value is -1.38. The maximum atomic E-state index is 13.0. The van der Waals surface area contributed by atoms with Gasteiger partial charge in [0.05, 0.1) is 0 Å². The molecule has 1 rings (SSSR count). The van der Waals surface area contributed by atoms with Gasteiger partial charge in [0.15, 0.2) is 0 Å². The van der Waals surface area contributed by atoms with Crippen molar-refractivity contribution in [1.82, 2.24) is 4.90 Å². The van der Waals surface area contributed by atoms with Crippen molar-refractivity contribution in [3.63, 3.8) is 0 Å². The maximum Gasteiger partial charge on any atom is 0.254 e.